The van der Waals surface area contributed by atoms with Gasteiger partial charge in [0.25, 0.3) is 6.33 Å². The highest BCUT2D eigenvalue weighted by molar-refractivity contribution is 7.02. The summed E-state index contributed by atoms with van der Waals surface area (Å²) in [6.07, 6.45) is 5.60. The highest BCUT2D eigenvalue weighted by Crippen LogP contribution is 2.36. The van der Waals surface area contributed by atoms with E-state index in [0.29, 0.717) is 0 Å². The molecule has 0 aliphatic carbocycles. The predicted octanol–water partition coefficient (Wildman–Crippen LogP) is 8.07. The summed E-state index contributed by atoms with van der Waals surface area (Å²) in [6.45, 7) is 11.5. The molecule has 0 fully saturated rings. The van der Waals surface area contributed by atoms with Gasteiger partial charge in [0, 0.05) is 18.0 Å². The summed E-state index contributed by atoms with van der Waals surface area (Å²) in [4.78, 5) is 10.1. The smallest absolute Gasteiger partial charge is 0.269 e. The first-order valence-electron chi connectivity index (χ1n) is 17.4. The molecule has 0 spiro atoms. The van der Waals surface area contributed by atoms with Crippen molar-refractivity contribution in [2.45, 2.75) is 39.3 Å². The Morgan fingerprint density at radius 3 is 2.27 bits per heavy atom. The molecule has 4 aromatic heterocycles. The maximum atomic E-state index is 6.74. The van der Waals surface area contributed by atoms with Crippen molar-refractivity contribution in [1.82, 2.24) is 23.5 Å². The summed E-state index contributed by atoms with van der Waals surface area (Å²) < 4.78 is 15.5. The number of para-hydroxylation sites is 3. The molecule has 1 aliphatic heterocycles. The first-order chi connectivity index (χ1) is 24.7. The Kier molecular flexibility index (Phi) is 6.16. The first-order valence-corrected chi connectivity index (χ1v) is 20.4. The van der Waals surface area contributed by atoms with E-state index in [9.17, 15) is 0 Å². The maximum absolute atomic E-state index is 6.74. The molecule has 0 saturated carbocycles. The fourth-order valence-corrected chi connectivity index (χ4v) is 10.9. The Hall–Kier alpha value is -5.99. The molecule has 0 N–H and O–H groups in total. The van der Waals surface area contributed by atoms with E-state index in [1.54, 1.807) is 0 Å². The second kappa shape index (κ2) is 10.5. The number of fused-ring (bicyclic) bond motifs is 7. The van der Waals surface area contributed by atoms with Crippen LogP contribution in [0.25, 0.3) is 56.1 Å². The van der Waals surface area contributed by atoms with Crippen molar-refractivity contribution in [2.24, 2.45) is 0 Å². The van der Waals surface area contributed by atoms with Crippen molar-refractivity contribution in [3.05, 3.63) is 139 Å². The predicted molar refractivity (Wildman–Crippen MR) is 206 cm³/mol. The molecule has 0 unspecified atom stereocenters. The van der Waals surface area contributed by atoms with Gasteiger partial charge >= 0.3 is 0 Å². The number of pyridine rings is 1. The van der Waals surface area contributed by atoms with Crippen LogP contribution in [0.4, 0.5) is 0 Å². The molecule has 0 amide bonds. The minimum absolute atomic E-state index is 0.0876. The Bertz CT molecular complexity index is 2840. The maximum Gasteiger partial charge on any atom is 0.269 e. The molecular formula is C43H36N6OSi. The number of imidazole rings is 3. The van der Waals surface area contributed by atoms with E-state index in [1.807, 2.05) is 18.3 Å². The minimum atomic E-state index is -2.03. The van der Waals surface area contributed by atoms with Crippen molar-refractivity contribution in [1.29, 1.82) is 0 Å². The lowest BCUT2D eigenvalue weighted by molar-refractivity contribution is -0.572. The normalized spacial score (nSPS) is 13.7. The third kappa shape index (κ3) is 4.32. The standard InChI is InChI=1S/C43H36N6OSi/c1-43(2,3)32-23-24-44-41-39(32)45-42-48(29-15-10-7-11-16-29)33-21-19-30(25-35(33)49(41)42)50-31-20-22-37-36(26-31)47-27-46(28-13-8-6-9-14-28)34-17-12-18-38(40(34)47)51(37,4)5/h6-26H,1-5H3. The van der Waals surface area contributed by atoms with Gasteiger partial charge in [-0.25, -0.2) is 9.97 Å². The average Bonchev–Trinajstić information content (AvgIpc) is 3.80. The van der Waals surface area contributed by atoms with Gasteiger partial charge in [0.2, 0.25) is 5.78 Å². The lowest BCUT2D eigenvalue weighted by Gasteiger charge is -2.32. The van der Waals surface area contributed by atoms with Crippen molar-refractivity contribution < 1.29 is 9.30 Å². The molecule has 0 saturated heterocycles. The minimum Gasteiger partial charge on any atom is -0.458 e. The van der Waals surface area contributed by atoms with Gasteiger partial charge < -0.3 is 4.74 Å². The molecular weight excluding hydrogens is 645 g/mol. The molecule has 0 bridgehead atoms. The summed E-state index contributed by atoms with van der Waals surface area (Å²) >= 11 is 0. The molecule has 1 aliphatic rings. The topological polar surface area (TPSA) is 53.2 Å². The van der Waals surface area contributed by atoms with Crippen molar-refractivity contribution in [2.75, 3.05) is 0 Å². The summed E-state index contributed by atoms with van der Waals surface area (Å²) in [5.41, 5.74) is 10.5. The van der Waals surface area contributed by atoms with E-state index in [0.717, 1.165) is 62.1 Å². The third-order valence-corrected chi connectivity index (χ3v) is 14.0. The van der Waals surface area contributed by atoms with Gasteiger partial charge in [0.1, 0.15) is 25.1 Å². The summed E-state index contributed by atoms with van der Waals surface area (Å²) in [5, 5.41) is 2.78. The van der Waals surface area contributed by atoms with E-state index in [1.165, 1.54) is 21.5 Å². The molecule has 8 heteroatoms. The van der Waals surface area contributed by atoms with Gasteiger partial charge in [-0.15, -0.1) is 0 Å². The van der Waals surface area contributed by atoms with Gasteiger partial charge in [0.15, 0.2) is 5.65 Å². The van der Waals surface area contributed by atoms with Crippen LogP contribution in [0.5, 0.6) is 11.5 Å². The fourth-order valence-electron chi connectivity index (χ4n) is 7.99. The highest BCUT2D eigenvalue weighted by atomic mass is 28.3. The van der Waals surface area contributed by atoms with Crippen molar-refractivity contribution >= 4 is 57.5 Å². The van der Waals surface area contributed by atoms with Gasteiger partial charge in [-0.05, 0) is 75.9 Å². The van der Waals surface area contributed by atoms with Crippen LogP contribution in [0.1, 0.15) is 26.3 Å². The molecule has 0 radical (unpaired) electrons. The molecule has 9 aromatic rings. The second-order valence-electron chi connectivity index (χ2n) is 15.0. The molecule has 0 atom stereocenters. The molecule has 7 nitrogen and oxygen atoms in total. The van der Waals surface area contributed by atoms with Crippen LogP contribution in [0.2, 0.25) is 13.1 Å². The van der Waals surface area contributed by atoms with E-state index < -0.39 is 8.07 Å². The molecule has 10 rings (SSSR count). The zero-order valence-electron chi connectivity index (χ0n) is 29.2. The van der Waals surface area contributed by atoms with Crippen LogP contribution in [0, 0.1) is 6.33 Å². The van der Waals surface area contributed by atoms with E-state index in [4.69, 9.17) is 14.7 Å². The third-order valence-electron chi connectivity index (χ3n) is 10.5. The number of hydrogen-bond donors (Lipinski definition) is 0. The number of aromatic nitrogens is 6. The fraction of sp³-hybridized carbons (Fsp3) is 0.140. The average molecular weight is 681 g/mol. The SMILES string of the molecule is CC(C)(C)c1ccnc2c1nc1n(-c3ccccc3)c3ccc(Oc4ccc5c(c4)-n4[c-][n+](-c6ccccc6)c6cccc(c64)[Si]5(C)C)cc3n21. The number of hydrogen-bond acceptors (Lipinski definition) is 3. The Morgan fingerprint density at radius 2 is 1.49 bits per heavy atom. The summed E-state index contributed by atoms with van der Waals surface area (Å²) in [7, 11) is -2.03. The first kappa shape index (κ1) is 29.9. The monoisotopic (exact) mass is 680 g/mol. The van der Waals surface area contributed by atoms with Crippen LogP contribution in [-0.2, 0) is 5.41 Å². The van der Waals surface area contributed by atoms with Gasteiger partial charge in [-0.1, -0.05) is 94.5 Å². The molecule has 248 valence electrons. The van der Waals surface area contributed by atoms with Crippen LogP contribution < -0.4 is 19.7 Å². The van der Waals surface area contributed by atoms with Gasteiger partial charge in [0.05, 0.1) is 33.4 Å². The van der Waals surface area contributed by atoms with Gasteiger partial charge in [-0.2, -0.15) is 0 Å². The van der Waals surface area contributed by atoms with E-state index in [-0.39, 0.29) is 5.41 Å². The summed E-state index contributed by atoms with van der Waals surface area (Å²) in [6, 6.07) is 42.5. The quantitative estimate of drug-likeness (QED) is 0.107. The van der Waals surface area contributed by atoms with E-state index >= 15 is 0 Å². The number of benzene rings is 5. The molecule has 5 heterocycles. The highest BCUT2D eigenvalue weighted by Gasteiger charge is 2.36. The van der Waals surface area contributed by atoms with Crippen molar-refractivity contribution in [3.8, 4) is 28.6 Å². The largest absolute Gasteiger partial charge is 0.458 e. The van der Waals surface area contributed by atoms with Crippen LogP contribution in [0.15, 0.2) is 128 Å². The zero-order chi connectivity index (χ0) is 34.6. The number of nitrogens with zero attached hydrogens (tertiary/aromatic N) is 6. The Balaban J connectivity index is 1.14. The molecule has 5 aromatic carbocycles. The van der Waals surface area contributed by atoms with Gasteiger partial charge in [-0.3, -0.25) is 18.1 Å². The Labute approximate surface area is 296 Å². The summed E-state index contributed by atoms with van der Waals surface area (Å²) in [5.74, 6) is 2.35. The van der Waals surface area contributed by atoms with Crippen molar-refractivity contribution in [3.63, 3.8) is 0 Å². The number of rotatable bonds is 4. The lowest BCUT2D eigenvalue weighted by atomic mass is 9.87. The second-order valence-corrected chi connectivity index (χ2v) is 19.4. The van der Waals surface area contributed by atoms with Crippen LogP contribution in [0.3, 0.4) is 0 Å². The zero-order valence-corrected chi connectivity index (χ0v) is 30.2. The molecule has 51 heavy (non-hydrogen) atoms. The lowest BCUT2D eigenvalue weighted by Crippen LogP contribution is -2.57. The Morgan fingerprint density at radius 1 is 0.745 bits per heavy atom. The van der Waals surface area contributed by atoms with E-state index in [2.05, 4.69) is 167 Å². The number of ether oxygens (including phenoxy) is 1. The van der Waals surface area contributed by atoms with Crippen LogP contribution >= 0.6 is 0 Å². The van der Waals surface area contributed by atoms with Crippen LogP contribution in [-0.4, -0.2) is 31.6 Å².